The van der Waals surface area contributed by atoms with Crippen LogP contribution < -0.4 is 11.1 Å². The first-order chi connectivity index (χ1) is 8.72. The van der Waals surface area contributed by atoms with Crippen LogP contribution >= 0.6 is 0 Å². The largest absolute Gasteiger partial charge is 0.364 e. The second-order valence-corrected chi connectivity index (χ2v) is 4.58. The van der Waals surface area contributed by atoms with E-state index in [4.69, 9.17) is 10.5 Å². The molecule has 1 aliphatic heterocycles. The zero-order chi connectivity index (χ0) is 13.0. The first-order valence-electron chi connectivity index (χ1n) is 6.43. The average Bonchev–Trinajstić information content (AvgIpc) is 2.98. The molecule has 2 atom stereocenters. The number of H-pyrrole nitrogens is 1. The van der Waals surface area contributed by atoms with Crippen molar-refractivity contribution in [3.8, 4) is 0 Å². The van der Waals surface area contributed by atoms with Crippen molar-refractivity contribution in [3.05, 3.63) is 11.8 Å². The van der Waals surface area contributed by atoms with E-state index in [1.807, 2.05) is 6.07 Å². The van der Waals surface area contributed by atoms with Crippen molar-refractivity contribution in [1.82, 2.24) is 10.2 Å². The molecule has 2 unspecified atom stereocenters. The maximum absolute atomic E-state index is 11.9. The molecule has 18 heavy (non-hydrogen) atoms. The van der Waals surface area contributed by atoms with Gasteiger partial charge in [0.05, 0.1) is 6.10 Å². The van der Waals surface area contributed by atoms with E-state index in [9.17, 15) is 4.79 Å². The molecular weight excluding hydrogens is 232 g/mol. The lowest BCUT2D eigenvalue weighted by Crippen LogP contribution is -2.29. The number of ether oxygens (including phenoxy) is 1. The van der Waals surface area contributed by atoms with E-state index < -0.39 is 6.10 Å². The van der Waals surface area contributed by atoms with Gasteiger partial charge in [-0.25, -0.2) is 0 Å². The Kier molecular flexibility index (Phi) is 4.33. The fraction of sp³-hybridized carbons (Fsp3) is 0.667. The Morgan fingerprint density at radius 3 is 3.17 bits per heavy atom. The Morgan fingerprint density at radius 2 is 2.50 bits per heavy atom. The summed E-state index contributed by atoms with van der Waals surface area (Å²) in [5, 5.41) is 9.71. The van der Waals surface area contributed by atoms with Gasteiger partial charge in [0.15, 0.2) is 5.82 Å². The minimum Gasteiger partial charge on any atom is -0.364 e. The molecule has 0 saturated carbocycles. The van der Waals surface area contributed by atoms with Gasteiger partial charge in [-0.15, -0.1) is 0 Å². The number of amides is 1. The number of carbonyl (C=O) groups excluding carboxylic acids is 1. The van der Waals surface area contributed by atoms with E-state index >= 15 is 0 Å². The molecule has 6 nitrogen and oxygen atoms in total. The monoisotopic (exact) mass is 252 g/mol. The van der Waals surface area contributed by atoms with Crippen LogP contribution in [0, 0.1) is 0 Å². The summed E-state index contributed by atoms with van der Waals surface area (Å²) < 4.78 is 5.52. The zero-order valence-electron chi connectivity index (χ0n) is 10.6. The normalized spacial score (nSPS) is 23.2. The molecule has 0 aromatic carbocycles. The van der Waals surface area contributed by atoms with Gasteiger partial charge >= 0.3 is 0 Å². The third-order valence-electron chi connectivity index (χ3n) is 3.06. The molecule has 6 heteroatoms. The molecule has 1 aliphatic rings. The number of anilines is 1. The predicted octanol–water partition coefficient (Wildman–Crippen LogP) is 0.807. The van der Waals surface area contributed by atoms with Crippen molar-refractivity contribution < 1.29 is 9.53 Å². The Hall–Kier alpha value is -1.40. The molecule has 0 radical (unpaired) electrons. The van der Waals surface area contributed by atoms with E-state index in [1.165, 1.54) is 0 Å². The summed E-state index contributed by atoms with van der Waals surface area (Å²) in [5.74, 6) is 0.420. The minimum atomic E-state index is -0.398. The topological polar surface area (TPSA) is 93.0 Å². The van der Waals surface area contributed by atoms with E-state index in [-0.39, 0.29) is 12.0 Å². The Bertz CT molecular complexity index is 405. The van der Waals surface area contributed by atoms with Gasteiger partial charge in [-0.2, -0.15) is 5.10 Å². The van der Waals surface area contributed by atoms with Crippen LogP contribution in [0.1, 0.15) is 31.9 Å². The number of hydrogen-bond donors (Lipinski definition) is 3. The molecule has 2 heterocycles. The van der Waals surface area contributed by atoms with Gasteiger partial charge < -0.3 is 15.8 Å². The van der Waals surface area contributed by atoms with Gasteiger partial charge in [-0.05, 0) is 19.3 Å². The summed E-state index contributed by atoms with van der Waals surface area (Å²) in [5.41, 5.74) is 6.54. The number of nitrogens with two attached hydrogens (primary N) is 1. The van der Waals surface area contributed by atoms with E-state index in [0.29, 0.717) is 12.4 Å². The SMILES string of the molecule is CCCc1cc(NC(=O)C2CCC(CN)O2)n[nH]1. The third-order valence-corrected chi connectivity index (χ3v) is 3.06. The van der Waals surface area contributed by atoms with Crippen molar-refractivity contribution in [3.63, 3.8) is 0 Å². The number of rotatable bonds is 5. The van der Waals surface area contributed by atoms with Crippen LogP contribution in [0.15, 0.2) is 6.07 Å². The highest BCUT2D eigenvalue weighted by atomic mass is 16.5. The number of aromatic amines is 1. The summed E-state index contributed by atoms with van der Waals surface area (Å²) in [6.45, 7) is 2.56. The van der Waals surface area contributed by atoms with Gasteiger partial charge in [-0.3, -0.25) is 9.89 Å². The van der Waals surface area contributed by atoms with Gasteiger partial charge in [-0.1, -0.05) is 13.3 Å². The summed E-state index contributed by atoms with van der Waals surface area (Å²) >= 11 is 0. The highest BCUT2D eigenvalue weighted by Gasteiger charge is 2.30. The van der Waals surface area contributed by atoms with Crippen LogP contribution in [0.2, 0.25) is 0 Å². The third kappa shape index (κ3) is 3.08. The molecule has 1 fully saturated rings. The first kappa shape index (κ1) is 13.0. The number of carbonyl (C=O) groups is 1. The fourth-order valence-electron chi connectivity index (χ4n) is 2.10. The van der Waals surface area contributed by atoms with Gasteiger partial charge in [0.2, 0.25) is 0 Å². The molecule has 4 N–H and O–H groups in total. The first-order valence-corrected chi connectivity index (χ1v) is 6.43. The number of aromatic nitrogens is 2. The van der Waals surface area contributed by atoms with Crippen LogP contribution in [0.4, 0.5) is 5.82 Å². The Labute approximate surface area is 106 Å². The van der Waals surface area contributed by atoms with E-state index in [1.54, 1.807) is 0 Å². The smallest absolute Gasteiger partial charge is 0.254 e. The summed E-state index contributed by atoms with van der Waals surface area (Å²) in [6, 6.07) is 1.86. The molecule has 2 rings (SSSR count). The van der Waals surface area contributed by atoms with Crippen molar-refractivity contribution >= 4 is 11.7 Å². The molecule has 0 bridgehead atoms. The summed E-state index contributed by atoms with van der Waals surface area (Å²) in [4.78, 5) is 11.9. The van der Waals surface area contributed by atoms with E-state index in [0.717, 1.165) is 31.4 Å². The summed E-state index contributed by atoms with van der Waals surface area (Å²) in [6.07, 6.45) is 3.15. The molecular formula is C12H20N4O2. The van der Waals surface area contributed by atoms with Crippen LogP contribution in [0.25, 0.3) is 0 Å². The second kappa shape index (κ2) is 5.97. The van der Waals surface area contributed by atoms with E-state index in [2.05, 4.69) is 22.4 Å². The molecule has 100 valence electrons. The fourth-order valence-corrected chi connectivity index (χ4v) is 2.10. The van der Waals surface area contributed by atoms with Crippen LogP contribution in [-0.2, 0) is 16.0 Å². The lowest BCUT2D eigenvalue weighted by molar-refractivity contribution is -0.126. The lowest BCUT2D eigenvalue weighted by Gasteiger charge is -2.11. The zero-order valence-corrected chi connectivity index (χ0v) is 10.6. The highest BCUT2D eigenvalue weighted by molar-refractivity contribution is 5.93. The lowest BCUT2D eigenvalue weighted by atomic mass is 10.2. The van der Waals surface area contributed by atoms with Crippen LogP contribution in [0.3, 0.4) is 0 Å². The maximum atomic E-state index is 11.9. The van der Waals surface area contributed by atoms with Crippen molar-refractivity contribution in [2.45, 2.75) is 44.8 Å². The molecule has 1 amide bonds. The second-order valence-electron chi connectivity index (χ2n) is 4.58. The summed E-state index contributed by atoms with van der Waals surface area (Å²) in [7, 11) is 0. The standard InChI is InChI=1S/C12H20N4O2/c1-2-3-8-6-11(16-15-8)14-12(17)10-5-4-9(7-13)18-10/h6,9-10H,2-5,7,13H2,1H3,(H2,14,15,16,17). The molecule has 1 saturated heterocycles. The molecule has 1 aromatic heterocycles. The van der Waals surface area contributed by atoms with Gasteiger partial charge in [0.25, 0.3) is 5.91 Å². The quantitative estimate of drug-likeness (QED) is 0.723. The van der Waals surface area contributed by atoms with Crippen LogP contribution in [-0.4, -0.2) is 34.9 Å². The van der Waals surface area contributed by atoms with Gasteiger partial charge in [0.1, 0.15) is 6.10 Å². The Balaban J connectivity index is 1.86. The average molecular weight is 252 g/mol. The maximum Gasteiger partial charge on any atom is 0.254 e. The molecule has 0 spiro atoms. The van der Waals surface area contributed by atoms with Crippen LogP contribution in [0.5, 0.6) is 0 Å². The highest BCUT2D eigenvalue weighted by Crippen LogP contribution is 2.20. The molecule has 1 aromatic rings. The predicted molar refractivity (Wildman–Crippen MR) is 68.2 cm³/mol. The van der Waals surface area contributed by atoms with Crippen molar-refractivity contribution in [1.29, 1.82) is 0 Å². The minimum absolute atomic E-state index is 0.00980. The van der Waals surface area contributed by atoms with Crippen molar-refractivity contribution in [2.75, 3.05) is 11.9 Å². The van der Waals surface area contributed by atoms with Crippen molar-refractivity contribution in [2.24, 2.45) is 5.73 Å². The molecule has 0 aliphatic carbocycles. The number of nitrogens with zero attached hydrogens (tertiary/aromatic N) is 1. The number of hydrogen-bond acceptors (Lipinski definition) is 4. The van der Waals surface area contributed by atoms with Gasteiger partial charge in [0, 0.05) is 18.3 Å². The number of aryl methyl sites for hydroxylation is 1. The number of nitrogens with one attached hydrogen (secondary N) is 2. The Morgan fingerprint density at radius 1 is 1.67 bits per heavy atom.